The van der Waals surface area contributed by atoms with E-state index in [9.17, 15) is 0 Å². The Bertz CT molecular complexity index is 691. The summed E-state index contributed by atoms with van der Waals surface area (Å²) in [6, 6.07) is 21.9. The molecule has 4 N–H and O–H groups in total. The lowest BCUT2D eigenvalue weighted by Crippen LogP contribution is -1.89. The van der Waals surface area contributed by atoms with Crippen molar-refractivity contribution < 1.29 is 9.47 Å². The van der Waals surface area contributed by atoms with Gasteiger partial charge in [-0.1, -0.05) is 19.9 Å². The molecule has 0 bridgehead atoms. The van der Waals surface area contributed by atoms with E-state index in [0.717, 1.165) is 11.5 Å². The number of benzene rings is 3. The summed E-state index contributed by atoms with van der Waals surface area (Å²) in [5.74, 6) is 2.83. The third kappa shape index (κ3) is 4.95. The molecule has 0 amide bonds. The molecular formula is C20H22N2O2. The monoisotopic (exact) mass is 322 g/mol. The second-order valence-electron chi connectivity index (χ2n) is 4.82. The predicted molar refractivity (Wildman–Crippen MR) is 99.6 cm³/mol. The molecule has 0 atom stereocenters. The fourth-order valence-corrected chi connectivity index (χ4v) is 1.95. The van der Waals surface area contributed by atoms with Crippen LogP contribution in [0.25, 0.3) is 0 Å². The molecule has 0 saturated carbocycles. The SMILES string of the molecule is CC.Nc1ccc(Oc2cccc(Oc3ccc(N)cc3)c2)cc1. The molecule has 0 aliphatic heterocycles. The van der Waals surface area contributed by atoms with Crippen molar-refractivity contribution in [2.24, 2.45) is 0 Å². The van der Waals surface area contributed by atoms with Crippen LogP contribution in [-0.2, 0) is 0 Å². The highest BCUT2D eigenvalue weighted by molar-refractivity contribution is 5.45. The first kappa shape index (κ1) is 17.2. The Morgan fingerprint density at radius 3 is 1.29 bits per heavy atom. The van der Waals surface area contributed by atoms with Gasteiger partial charge in [0.2, 0.25) is 0 Å². The first-order valence-corrected chi connectivity index (χ1v) is 7.86. The zero-order chi connectivity index (χ0) is 17.4. The second-order valence-corrected chi connectivity index (χ2v) is 4.82. The first-order chi connectivity index (χ1) is 11.7. The number of hydrogen-bond acceptors (Lipinski definition) is 4. The predicted octanol–water partition coefficient (Wildman–Crippen LogP) is 5.46. The summed E-state index contributed by atoms with van der Waals surface area (Å²) in [5, 5.41) is 0. The largest absolute Gasteiger partial charge is 0.457 e. The fourth-order valence-electron chi connectivity index (χ4n) is 1.95. The summed E-state index contributed by atoms with van der Waals surface area (Å²) in [7, 11) is 0. The van der Waals surface area contributed by atoms with Crippen LogP contribution < -0.4 is 20.9 Å². The molecule has 3 aromatic carbocycles. The zero-order valence-electron chi connectivity index (χ0n) is 13.9. The van der Waals surface area contributed by atoms with Crippen LogP contribution in [-0.4, -0.2) is 0 Å². The molecule has 124 valence electrons. The molecule has 0 spiro atoms. The summed E-state index contributed by atoms with van der Waals surface area (Å²) in [5.41, 5.74) is 12.7. The Kier molecular flexibility index (Phi) is 6.08. The van der Waals surface area contributed by atoms with Gasteiger partial charge >= 0.3 is 0 Å². The molecule has 4 heteroatoms. The third-order valence-electron chi connectivity index (χ3n) is 3.04. The Balaban J connectivity index is 0.00000100. The van der Waals surface area contributed by atoms with Crippen molar-refractivity contribution in [2.75, 3.05) is 11.5 Å². The number of nitrogens with two attached hydrogens (primary N) is 2. The van der Waals surface area contributed by atoms with E-state index in [1.54, 1.807) is 24.3 Å². The minimum Gasteiger partial charge on any atom is -0.457 e. The highest BCUT2D eigenvalue weighted by Gasteiger charge is 2.02. The van der Waals surface area contributed by atoms with Gasteiger partial charge in [0, 0.05) is 17.4 Å². The number of nitrogen functional groups attached to an aromatic ring is 2. The van der Waals surface area contributed by atoms with E-state index < -0.39 is 0 Å². The van der Waals surface area contributed by atoms with Gasteiger partial charge in [0.15, 0.2) is 0 Å². The maximum Gasteiger partial charge on any atom is 0.131 e. The average molecular weight is 322 g/mol. The Morgan fingerprint density at radius 2 is 0.917 bits per heavy atom. The van der Waals surface area contributed by atoms with Gasteiger partial charge in [-0.05, 0) is 60.7 Å². The van der Waals surface area contributed by atoms with E-state index >= 15 is 0 Å². The molecule has 0 aliphatic carbocycles. The van der Waals surface area contributed by atoms with Crippen LogP contribution >= 0.6 is 0 Å². The molecule has 0 saturated heterocycles. The summed E-state index contributed by atoms with van der Waals surface area (Å²) in [6.45, 7) is 4.00. The van der Waals surface area contributed by atoms with Crippen LogP contribution in [0.5, 0.6) is 23.0 Å². The first-order valence-electron chi connectivity index (χ1n) is 7.86. The van der Waals surface area contributed by atoms with Gasteiger partial charge in [0.25, 0.3) is 0 Å². The molecule has 0 aliphatic rings. The standard InChI is InChI=1S/C18H16N2O2.C2H6/c19-13-4-8-15(9-5-13)21-17-2-1-3-18(12-17)22-16-10-6-14(20)7-11-16;1-2/h1-12H,19-20H2;1-2H3. The van der Waals surface area contributed by atoms with Gasteiger partial charge in [-0.25, -0.2) is 0 Å². The van der Waals surface area contributed by atoms with E-state index in [1.807, 2.05) is 62.4 Å². The maximum atomic E-state index is 5.78. The van der Waals surface area contributed by atoms with Crippen LogP contribution in [0.1, 0.15) is 13.8 Å². The molecule has 3 aromatic rings. The van der Waals surface area contributed by atoms with Gasteiger partial charge < -0.3 is 20.9 Å². The Morgan fingerprint density at radius 1 is 0.542 bits per heavy atom. The smallest absolute Gasteiger partial charge is 0.131 e. The summed E-state index contributed by atoms with van der Waals surface area (Å²) < 4.78 is 11.6. The fraction of sp³-hybridized carbons (Fsp3) is 0.100. The molecule has 0 radical (unpaired) electrons. The van der Waals surface area contributed by atoms with Crippen LogP contribution in [0.4, 0.5) is 11.4 Å². The number of hydrogen-bond donors (Lipinski definition) is 2. The number of rotatable bonds is 4. The van der Waals surface area contributed by atoms with Crippen molar-refractivity contribution in [3.63, 3.8) is 0 Å². The van der Waals surface area contributed by atoms with Crippen molar-refractivity contribution in [3.8, 4) is 23.0 Å². The molecule has 24 heavy (non-hydrogen) atoms. The van der Waals surface area contributed by atoms with Gasteiger partial charge in [-0.15, -0.1) is 0 Å². The van der Waals surface area contributed by atoms with Crippen LogP contribution in [0.3, 0.4) is 0 Å². The lowest BCUT2D eigenvalue weighted by Gasteiger charge is -2.09. The normalized spacial score (nSPS) is 9.58. The van der Waals surface area contributed by atoms with Crippen LogP contribution in [0.2, 0.25) is 0 Å². The van der Waals surface area contributed by atoms with Gasteiger partial charge in [-0.2, -0.15) is 0 Å². The van der Waals surface area contributed by atoms with Crippen molar-refractivity contribution in [2.45, 2.75) is 13.8 Å². The van der Waals surface area contributed by atoms with Crippen molar-refractivity contribution >= 4 is 11.4 Å². The molecule has 3 rings (SSSR count). The minimum absolute atomic E-state index is 0.692. The van der Waals surface area contributed by atoms with Gasteiger partial charge in [0.05, 0.1) is 0 Å². The van der Waals surface area contributed by atoms with E-state index in [2.05, 4.69) is 0 Å². The lowest BCUT2D eigenvalue weighted by molar-refractivity contribution is 0.460. The molecule has 0 aromatic heterocycles. The van der Waals surface area contributed by atoms with Crippen molar-refractivity contribution in [3.05, 3.63) is 72.8 Å². The zero-order valence-corrected chi connectivity index (χ0v) is 13.9. The van der Waals surface area contributed by atoms with E-state index in [-0.39, 0.29) is 0 Å². The maximum absolute atomic E-state index is 5.78. The summed E-state index contributed by atoms with van der Waals surface area (Å²) in [4.78, 5) is 0. The molecule has 4 nitrogen and oxygen atoms in total. The quantitative estimate of drug-likeness (QED) is 0.625. The third-order valence-corrected chi connectivity index (χ3v) is 3.04. The molecule has 0 unspecified atom stereocenters. The van der Waals surface area contributed by atoms with Gasteiger partial charge in [-0.3, -0.25) is 0 Å². The van der Waals surface area contributed by atoms with E-state index in [1.165, 1.54) is 0 Å². The number of anilines is 2. The highest BCUT2D eigenvalue weighted by atomic mass is 16.5. The molecular weight excluding hydrogens is 300 g/mol. The van der Waals surface area contributed by atoms with Crippen LogP contribution in [0.15, 0.2) is 72.8 Å². The minimum atomic E-state index is 0.692. The lowest BCUT2D eigenvalue weighted by atomic mass is 10.3. The average Bonchev–Trinajstić information content (AvgIpc) is 2.61. The summed E-state index contributed by atoms with van der Waals surface area (Å²) in [6.07, 6.45) is 0. The Labute approximate surface area is 142 Å². The molecule has 0 heterocycles. The topological polar surface area (TPSA) is 70.5 Å². The van der Waals surface area contributed by atoms with Crippen molar-refractivity contribution in [1.82, 2.24) is 0 Å². The Hall–Kier alpha value is -3.14. The summed E-state index contributed by atoms with van der Waals surface area (Å²) >= 11 is 0. The van der Waals surface area contributed by atoms with Gasteiger partial charge in [0.1, 0.15) is 23.0 Å². The van der Waals surface area contributed by atoms with E-state index in [0.29, 0.717) is 22.9 Å². The molecule has 0 fully saturated rings. The highest BCUT2D eigenvalue weighted by Crippen LogP contribution is 2.28. The number of ether oxygens (including phenoxy) is 2. The van der Waals surface area contributed by atoms with Crippen molar-refractivity contribution in [1.29, 1.82) is 0 Å². The second kappa shape index (κ2) is 8.48. The van der Waals surface area contributed by atoms with Crippen LogP contribution in [0, 0.1) is 0 Å². The van der Waals surface area contributed by atoms with E-state index in [4.69, 9.17) is 20.9 Å².